The van der Waals surface area contributed by atoms with Crippen LogP contribution in [0.2, 0.25) is 0 Å². The lowest BCUT2D eigenvalue weighted by Crippen LogP contribution is -2.55. The van der Waals surface area contributed by atoms with E-state index < -0.39 is 0 Å². The molecule has 8 rings (SSSR count). The summed E-state index contributed by atoms with van der Waals surface area (Å²) in [6, 6.07) is 24.9. The van der Waals surface area contributed by atoms with E-state index in [9.17, 15) is 0 Å². The standard InChI is InChI=1S/C30H28O/c1-2-20-7-9-23(10-8-20)29-15-21-13-22(16-29)18-30(17-21,19-29)24-11-12-28-26(14-24)25-5-3-4-6-27(25)31-28/h2-12,14,21-22H,1,13,15-19H2. The van der Waals surface area contributed by atoms with Crippen LogP contribution in [0.4, 0.5) is 0 Å². The summed E-state index contributed by atoms with van der Waals surface area (Å²) in [5.41, 5.74) is 7.01. The van der Waals surface area contributed by atoms with Gasteiger partial charge < -0.3 is 4.42 Å². The molecule has 1 heterocycles. The molecule has 1 nitrogen and oxygen atoms in total. The molecule has 0 saturated heterocycles. The van der Waals surface area contributed by atoms with E-state index in [0.717, 1.165) is 23.0 Å². The molecule has 0 spiro atoms. The molecule has 0 amide bonds. The van der Waals surface area contributed by atoms with Gasteiger partial charge in [0.2, 0.25) is 0 Å². The second kappa shape index (κ2) is 6.13. The first-order valence-electron chi connectivity index (χ1n) is 11.8. The van der Waals surface area contributed by atoms with Crippen molar-refractivity contribution >= 4 is 28.0 Å². The van der Waals surface area contributed by atoms with Gasteiger partial charge in [0, 0.05) is 10.8 Å². The highest BCUT2D eigenvalue weighted by molar-refractivity contribution is 6.05. The van der Waals surface area contributed by atoms with Crippen LogP contribution in [0.15, 0.2) is 77.7 Å². The van der Waals surface area contributed by atoms with Crippen LogP contribution >= 0.6 is 0 Å². The van der Waals surface area contributed by atoms with Gasteiger partial charge in [-0.05, 0) is 96.1 Å². The minimum absolute atomic E-state index is 0.313. The van der Waals surface area contributed by atoms with Crippen LogP contribution in [0, 0.1) is 11.8 Å². The molecule has 3 aromatic carbocycles. The summed E-state index contributed by atoms with van der Waals surface area (Å²) in [6.07, 6.45) is 10.1. The van der Waals surface area contributed by atoms with E-state index in [0.29, 0.717) is 10.8 Å². The lowest BCUT2D eigenvalue weighted by Gasteiger charge is -2.63. The fourth-order valence-electron chi connectivity index (χ4n) is 7.97. The lowest BCUT2D eigenvalue weighted by atomic mass is 9.41. The van der Waals surface area contributed by atoms with Crippen LogP contribution in [-0.4, -0.2) is 0 Å². The molecule has 4 saturated carbocycles. The third kappa shape index (κ3) is 2.50. The van der Waals surface area contributed by atoms with Gasteiger partial charge in [-0.25, -0.2) is 0 Å². The molecule has 4 aliphatic carbocycles. The molecule has 2 unspecified atom stereocenters. The van der Waals surface area contributed by atoms with Crippen molar-refractivity contribution in [3.63, 3.8) is 0 Å². The molecule has 4 fully saturated rings. The lowest BCUT2D eigenvalue weighted by molar-refractivity contribution is -0.0280. The predicted molar refractivity (Wildman–Crippen MR) is 128 cm³/mol. The minimum Gasteiger partial charge on any atom is -0.456 e. The fraction of sp³-hybridized carbons (Fsp3) is 0.333. The van der Waals surface area contributed by atoms with Gasteiger partial charge in [-0.1, -0.05) is 61.2 Å². The number of benzene rings is 3. The second-order valence-corrected chi connectivity index (χ2v) is 10.7. The Hall–Kier alpha value is -2.80. The summed E-state index contributed by atoms with van der Waals surface area (Å²) in [4.78, 5) is 0. The van der Waals surface area contributed by atoms with Gasteiger partial charge in [0.25, 0.3) is 0 Å². The molecule has 4 aliphatic rings. The average molecular weight is 405 g/mol. The number of furan rings is 1. The largest absolute Gasteiger partial charge is 0.456 e. The summed E-state index contributed by atoms with van der Waals surface area (Å²) >= 11 is 0. The number of hydrogen-bond donors (Lipinski definition) is 0. The maximum Gasteiger partial charge on any atom is 0.135 e. The molecule has 2 atom stereocenters. The third-order valence-electron chi connectivity index (χ3n) is 8.81. The van der Waals surface area contributed by atoms with Crippen molar-refractivity contribution in [2.24, 2.45) is 11.8 Å². The Morgan fingerprint density at radius 2 is 1.39 bits per heavy atom. The highest BCUT2D eigenvalue weighted by atomic mass is 16.3. The molecule has 4 bridgehead atoms. The Kier molecular flexibility index (Phi) is 3.53. The zero-order valence-electron chi connectivity index (χ0n) is 17.9. The van der Waals surface area contributed by atoms with Crippen molar-refractivity contribution in [1.29, 1.82) is 0 Å². The van der Waals surface area contributed by atoms with Gasteiger partial charge in [0.05, 0.1) is 0 Å². The van der Waals surface area contributed by atoms with E-state index >= 15 is 0 Å². The molecule has 0 radical (unpaired) electrons. The zero-order valence-corrected chi connectivity index (χ0v) is 17.9. The topological polar surface area (TPSA) is 13.1 Å². The summed E-state index contributed by atoms with van der Waals surface area (Å²) in [6.45, 7) is 3.94. The van der Waals surface area contributed by atoms with Crippen LogP contribution in [-0.2, 0) is 10.8 Å². The van der Waals surface area contributed by atoms with Gasteiger partial charge in [0.1, 0.15) is 11.2 Å². The van der Waals surface area contributed by atoms with Gasteiger partial charge >= 0.3 is 0 Å². The summed E-state index contributed by atoms with van der Waals surface area (Å²) in [5, 5.41) is 2.53. The van der Waals surface area contributed by atoms with Crippen LogP contribution in [0.5, 0.6) is 0 Å². The maximum atomic E-state index is 6.13. The first-order valence-corrected chi connectivity index (χ1v) is 11.8. The quantitative estimate of drug-likeness (QED) is 0.337. The van der Waals surface area contributed by atoms with Gasteiger partial charge in [-0.3, -0.25) is 0 Å². The van der Waals surface area contributed by atoms with Crippen molar-refractivity contribution in [3.8, 4) is 0 Å². The van der Waals surface area contributed by atoms with E-state index in [-0.39, 0.29) is 0 Å². The van der Waals surface area contributed by atoms with Crippen LogP contribution < -0.4 is 0 Å². The summed E-state index contributed by atoms with van der Waals surface area (Å²) < 4.78 is 6.13. The Bertz CT molecular complexity index is 1310. The summed E-state index contributed by atoms with van der Waals surface area (Å²) in [7, 11) is 0. The highest BCUT2D eigenvalue weighted by Gasteiger charge is 2.58. The number of fused-ring (bicyclic) bond motifs is 3. The third-order valence-corrected chi connectivity index (χ3v) is 8.81. The normalized spacial score (nSPS) is 31.5. The SMILES string of the molecule is C=Cc1ccc(C23CC4CC(C2)CC(c2ccc5oc6ccccc6c5c2)(C4)C3)cc1. The Balaban J connectivity index is 1.36. The first-order chi connectivity index (χ1) is 15.2. The first kappa shape index (κ1) is 17.8. The van der Waals surface area contributed by atoms with E-state index in [4.69, 9.17) is 4.42 Å². The zero-order chi connectivity index (χ0) is 20.6. The molecule has 0 N–H and O–H groups in total. The predicted octanol–water partition coefficient (Wildman–Crippen LogP) is 8.02. The molecule has 1 heteroatoms. The van der Waals surface area contributed by atoms with Crippen molar-refractivity contribution in [3.05, 3.63) is 90.0 Å². The number of para-hydroxylation sites is 1. The Labute approximate surface area is 183 Å². The molecular formula is C30H28O. The van der Waals surface area contributed by atoms with E-state index in [1.165, 1.54) is 54.9 Å². The van der Waals surface area contributed by atoms with Gasteiger partial charge in [-0.15, -0.1) is 0 Å². The van der Waals surface area contributed by atoms with Crippen LogP contribution in [0.25, 0.3) is 28.0 Å². The maximum absolute atomic E-state index is 6.13. The van der Waals surface area contributed by atoms with Gasteiger partial charge in [0.15, 0.2) is 0 Å². The molecule has 1 aromatic heterocycles. The smallest absolute Gasteiger partial charge is 0.135 e. The molecule has 0 aliphatic heterocycles. The Morgan fingerprint density at radius 3 is 2.13 bits per heavy atom. The van der Waals surface area contributed by atoms with E-state index in [2.05, 4.69) is 73.3 Å². The van der Waals surface area contributed by atoms with Crippen LogP contribution in [0.3, 0.4) is 0 Å². The van der Waals surface area contributed by atoms with Crippen molar-refractivity contribution < 1.29 is 4.42 Å². The van der Waals surface area contributed by atoms with Crippen molar-refractivity contribution in [2.45, 2.75) is 49.4 Å². The molecule has 4 aromatic rings. The summed E-state index contributed by atoms with van der Waals surface area (Å²) in [5.74, 6) is 1.72. The monoisotopic (exact) mass is 404 g/mol. The van der Waals surface area contributed by atoms with E-state index in [1.807, 2.05) is 6.08 Å². The second-order valence-electron chi connectivity index (χ2n) is 10.7. The van der Waals surface area contributed by atoms with Gasteiger partial charge in [-0.2, -0.15) is 0 Å². The molecule has 31 heavy (non-hydrogen) atoms. The fourth-order valence-corrected chi connectivity index (χ4v) is 7.97. The molecule has 154 valence electrons. The Morgan fingerprint density at radius 1 is 0.742 bits per heavy atom. The van der Waals surface area contributed by atoms with E-state index in [1.54, 1.807) is 11.1 Å². The van der Waals surface area contributed by atoms with Crippen molar-refractivity contribution in [1.82, 2.24) is 0 Å². The number of hydrogen-bond acceptors (Lipinski definition) is 1. The number of rotatable bonds is 3. The average Bonchev–Trinajstić information content (AvgIpc) is 3.16. The minimum atomic E-state index is 0.313. The molecular weight excluding hydrogens is 376 g/mol. The van der Waals surface area contributed by atoms with Crippen LogP contribution in [0.1, 0.15) is 55.2 Å². The van der Waals surface area contributed by atoms with Crippen molar-refractivity contribution in [2.75, 3.05) is 0 Å². The highest BCUT2D eigenvalue weighted by Crippen LogP contribution is 2.66.